The molecule has 0 fully saturated rings. The molecule has 152 valence electrons. The Balaban J connectivity index is 1.47. The fourth-order valence-electron chi connectivity index (χ4n) is 3.30. The van der Waals surface area contributed by atoms with Gasteiger partial charge in [0, 0.05) is 17.8 Å². The Kier molecular flexibility index (Phi) is 4.47. The number of aromatic amines is 1. The Morgan fingerprint density at radius 1 is 1.16 bits per heavy atom. The SMILES string of the molecule is Cc1cccnc1-c1cn[nH]c1C(=O)Nc1cc2nc(-c3ccccc3)nn2cc1F. The molecule has 2 N–H and O–H groups in total. The number of amides is 1. The third-order valence-electron chi connectivity index (χ3n) is 4.84. The molecule has 4 heterocycles. The highest BCUT2D eigenvalue weighted by Gasteiger charge is 2.20. The van der Waals surface area contributed by atoms with Gasteiger partial charge in [0.15, 0.2) is 17.3 Å². The average molecular weight is 413 g/mol. The van der Waals surface area contributed by atoms with Gasteiger partial charge in [-0.15, -0.1) is 5.10 Å². The van der Waals surface area contributed by atoms with Gasteiger partial charge in [-0.2, -0.15) is 5.10 Å². The second-order valence-electron chi connectivity index (χ2n) is 6.92. The molecule has 0 aliphatic heterocycles. The van der Waals surface area contributed by atoms with Crippen molar-refractivity contribution in [2.75, 3.05) is 5.32 Å². The number of anilines is 1. The quantitative estimate of drug-likeness (QED) is 0.466. The topological polar surface area (TPSA) is 101 Å². The minimum Gasteiger partial charge on any atom is -0.318 e. The van der Waals surface area contributed by atoms with E-state index in [-0.39, 0.29) is 11.4 Å². The number of fused-ring (bicyclic) bond motifs is 1. The van der Waals surface area contributed by atoms with Crippen molar-refractivity contribution in [1.82, 2.24) is 29.8 Å². The molecular formula is C22H16FN7O. The van der Waals surface area contributed by atoms with E-state index in [4.69, 9.17) is 0 Å². The number of halogens is 1. The van der Waals surface area contributed by atoms with Crippen LogP contribution in [0.4, 0.5) is 10.1 Å². The molecule has 31 heavy (non-hydrogen) atoms. The zero-order valence-corrected chi connectivity index (χ0v) is 16.4. The molecule has 4 aromatic heterocycles. The van der Waals surface area contributed by atoms with E-state index >= 15 is 0 Å². The Labute approximate surface area is 175 Å². The van der Waals surface area contributed by atoms with Crippen LogP contribution in [0.2, 0.25) is 0 Å². The van der Waals surface area contributed by atoms with Gasteiger partial charge >= 0.3 is 0 Å². The number of H-pyrrole nitrogens is 1. The second-order valence-corrected chi connectivity index (χ2v) is 6.92. The maximum atomic E-state index is 14.7. The minimum absolute atomic E-state index is 0.0113. The number of aryl methyl sites for hydroxylation is 1. The van der Waals surface area contributed by atoms with Gasteiger partial charge in [-0.3, -0.25) is 14.9 Å². The molecule has 0 atom stereocenters. The van der Waals surface area contributed by atoms with Gasteiger partial charge < -0.3 is 5.32 Å². The zero-order valence-electron chi connectivity index (χ0n) is 16.4. The van der Waals surface area contributed by atoms with Crippen LogP contribution in [0.1, 0.15) is 16.1 Å². The van der Waals surface area contributed by atoms with E-state index in [9.17, 15) is 9.18 Å². The first-order valence-corrected chi connectivity index (χ1v) is 9.48. The zero-order chi connectivity index (χ0) is 21.4. The number of aromatic nitrogens is 6. The van der Waals surface area contributed by atoms with Crippen LogP contribution in [0.25, 0.3) is 28.3 Å². The maximum Gasteiger partial charge on any atom is 0.274 e. The lowest BCUT2D eigenvalue weighted by molar-refractivity contribution is 0.102. The van der Waals surface area contributed by atoms with Crippen molar-refractivity contribution in [3.63, 3.8) is 0 Å². The second kappa shape index (κ2) is 7.45. The number of nitrogens with one attached hydrogen (secondary N) is 2. The lowest BCUT2D eigenvalue weighted by Gasteiger charge is -2.08. The molecule has 1 amide bonds. The number of hydrogen-bond acceptors (Lipinski definition) is 5. The Morgan fingerprint density at radius 2 is 2.00 bits per heavy atom. The summed E-state index contributed by atoms with van der Waals surface area (Å²) in [6.07, 6.45) is 4.34. The molecule has 0 bridgehead atoms. The smallest absolute Gasteiger partial charge is 0.274 e. The van der Waals surface area contributed by atoms with Crippen molar-refractivity contribution in [2.24, 2.45) is 0 Å². The first-order valence-electron chi connectivity index (χ1n) is 9.48. The molecule has 8 nitrogen and oxygen atoms in total. The third-order valence-corrected chi connectivity index (χ3v) is 4.84. The van der Waals surface area contributed by atoms with E-state index in [0.29, 0.717) is 22.7 Å². The highest BCUT2D eigenvalue weighted by molar-refractivity contribution is 6.07. The van der Waals surface area contributed by atoms with E-state index in [1.165, 1.54) is 23.0 Å². The lowest BCUT2D eigenvalue weighted by atomic mass is 10.1. The molecule has 1 aromatic carbocycles. The number of pyridine rings is 2. The van der Waals surface area contributed by atoms with Crippen LogP contribution in [0.5, 0.6) is 0 Å². The highest BCUT2D eigenvalue weighted by Crippen LogP contribution is 2.25. The van der Waals surface area contributed by atoms with Crippen molar-refractivity contribution in [2.45, 2.75) is 6.92 Å². The lowest BCUT2D eigenvalue weighted by Crippen LogP contribution is -2.15. The maximum absolute atomic E-state index is 14.7. The van der Waals surface area contributed by atoms with Gasteiger partial charge in [-0.25, -0.2) is 13.9 Å². The molecule has 9 heteroatoms. The molecule has 0 radical (unpaired) electrons. The van der Waals surface area contributed by atoms with Gasteiger partial charge in [-0.1, -0.05) is 36.4 Å². The van der Waals surface area contributed by atoms with Crippen LogP contribution >= 0.6 is 0 Å². The van der Waals surface area contributed by atoms with Gasteiger partial charge in [0.05, 0.1) is 29.3 Å². The normalized spacial score (nSPS) is 11.0. The molecule has 0 aliphatic rings. The van der Waals surface area contributed by atoms with Gasteiger partial charge in [0.1, 0.15) is 5.69 Å². The minimum atomic E-state index is -0.638. The van der Waals surface area contributed by atoms with E-state index in [1.54, 1.807) is 6.20 Å². The van der Waals surface area contributed by atoms with Crippen LogP contribution < -0.4 is 5.32 Å². The summed E-state index contributed by atoms with van der Waals surface area (Å²) >= 11 is 0. The number of hydrogen-bond donors (Lipinski definition) is 2. The van der Waals surface area contributed by atoms with Crippen LogP contribution in [-0.2, 0) is 0 Å². The summed E-state index contributed by atoms with van der Waals surface area (Å²) in [6, 6.07) is 14.5. The van der Waals surface area contributed by atoms with Crippen LogP contribution in [0, 0.1) is 12.7 Å². The van der Waals surface area contributed by atoms with Crippen molar-refractivity contribution < 1.29 is 9.18 Å². The molecule has 0 saturated carbocycles. The number of nitrogens with zero attached hydrogens (tertiary/aromatic N) is 5. The standard InChI is InChI=1S/C22H16FN7O/c1-13-6-5-9-24-19(13)15-11-25-28-20(15)22(31)26-17-10-18-27-21(14-7-3-2-4-8-14)29-30(18)12-16(17)23/h2-12H,1H3,(H,25,28)(H,26,31). The summed E-state index contributed by atoms with van der Waals surface area (Å²) in [4.78, 5) is 21.6. The summed E-state index contributed by atoms with van der Waals surface area (Å²) in [5, 5.41) is 13.5. The monoisotopic (exact) mass is 413 g/mol. The third kappa shape index (κ3) is 3.42. The van der Waals surface area contributed by atoms with Crippen molar-refractivity contribution in [3.05, 3.63) is 84.2 Å². The molecule has 5 rings (SSSR count). The summed E-state index contributed by atoms with van der Waals surface area (Å²) in [5.74, 6) is -0.714. The number of carbonyl (C=O) groups is 1. The molecule has 0 aliphatic carbocycles. The van der Waals surface area contributed by atoms with E-state index < -0.39 is 11.7 Å². The average Bonchev–Trinajstić information content (AvgIpc) is 3.42. The van der Waals surface area contributed by atoms with Gasteiger partial charge in [-0.05, 0) is 18.6 Å². The summed E-state index contributed by atoms with van der Waals surface area (Å²) in [6.45, 7) is 1.89. The van der Waals surface area contributed by atoms with E-state index in [1.807, 2.05) is 49.4 Å². The molecule has 0 unspecified atom stereocenters. The first-order chi connectivity index (χ1) is 15.1. The predicted octanol–water partition coefficient (Wildman–Crippen LogP) is 3.88. The number of benzene rings is 1. The highest BCUT2D eigenvalue weighted by atomic mass is 19.1. The number of carbonyl (C=O) groups excluding carboxylic acids is 1. The van der Waals surface area contributed by atoms with Gasteiger partial charge in [0.25, 0.3) is 5.91 Å². The van der Waals surface area contributed by atoms with Crippen molar-refractivity contribution in [3.8, 4) is 22.6 Å². The first kappa shape index (κ1) is 18.6. The van der Waals surface area contributed by atoms with Crippen molar-refractivity contribution >= 4 is 17.2 Å². The summed E-state index contributed by atoms with van der Waals surface area (Å²) in [7, 11) is 0. The van der Waals surface area contributed by atoms with Gasteiger partial charge in [0.2, 0.25) is 0 Å². The van der Waals surface area contributed by atoms with Crippen LogP contribution in [-0.4, -0.2) is 35.7 Å². The summed E-state index contributed by atoms with van der Waals surface area (Å²) in [5.41, 5.74) is 3.44. The Morgan fingerprint density at radius 3 is 2.81 bits per heavy atom. The predicted molar refractivity (Wildman–Crippen MR) is 113 cm³/mol. The van der Waals surface area contributed by atoms with Crippen LogP contribution in [0.15, 0.2) is 67.1 Å². The largest absolute Gasteiger partial charge is 0.318 e. The fourth-order valence-corrected chi connectivity index (χ4v) is 3.30. The van der Waals surface area contributed by atoms with Crippen molar-refractivity contribution in [1.29, 1.82) is 0 Å². The molecular weight excluding hydrogens is 397 g/mol. The number of rotatable bonds is 4. The van der Waals surface area contributed by atoms with E-state index in [2.05, 4.69) is 30.6 Å². The molecule has 0 saturated heterocycles. The fraction of sp³-hybridized carbons (Fsp3) is 0.0455. The van der Waals surface area contributed by atoms with Crippen LogP contribution in [0.3, 0.4) is 0 Å². The molecule has 0 spiro atoms. The summed E-state index contributed by atoms with van der Waals surface area (Å²) < 4.78 is 16.0. The van der Waals surface area contributed by atoms with E-state index in [0.717, 1.165) is 11.1 Å². The Hall–Kier alpha value is -4.40. The molecule has 5 aromatic rings. The Bertz CT molecular complexity index is 1410.